The minimum Gasteiger partial charge on any atom is -0.370 e. The second kappa shape index (κ2) is 8.86. The lowest BCUT2D eigenvalue weighted by atomic mass is 10.0. The van der Waals surface area contributed by atoms with Crippen molar-refractivity contribution in [3.8, 4) is 0 Å². The predicted octanol–water partition coefficient (Wildman–Crippen LogP) is 2.90. The van der Waals surface area contributed by atoms with Gasteiger partial charge in [-0.2, -0.15) is 0 Å². The summed E-state index contributed by atoms with van der Waals surface area (Å²) in [6, 6.07) is 20.7. The van der Waals surface area contributed by atoms with E-state index in [1.165, 1.54) is 11.3 Å². The van der Waals surface area contributed by atoms with Gasteiger partial charge in [-0.15, -0.1) is 0 Å². The smallest absolute Gasteiger partial charge is 0.240 e. The maximum absolute atomic E-state index is 13.2. The fourth-order valence-corrected chi connectivity index (χ4v) is 3.57. The summed E-state index contributed by atoms with van der Waals surface area (Å²) in [6.07, 6.45) is 1.76. The quantitative estimate of drug-likeness (QED) is 0.829. The SMILES string of the molecule is CN(C)C(Cc1ccccc1)C(=O)N1CCCN(c2ccccc2)CC1. The minimum atomic E-state index is -0.110. The number of hydrogen-bond acceptors (Lipinski definition) is 3. The highest BCUT2D eigenvalue weighted by atomic mass is 16.2. The highest BCUT2D eigenvalue weighted by Gasteiger charge is 2.28. The molecule has 0 aliphatic carbocycles. The van der Waals surface area contributed by atoms with Crippen molar-refractivity contribution in [1.82, 2.24) is 9.80 Å². The van der Waals surface area contributed by atoms with Gasteiger partial charge >= 0.3 is 0 Å². The molecular formula is C22H29N3O. The summed E-state index contributed by atoms with van der Waals surface area (Å²) in [5.74, 6) is 0.244. The molecular weight excluding hydrogens is 322 g/mol. The van der Waals surface area contributed by atoms with Crippen LogP contribution in [0.15, 0.2) is 60.7 Å². The fourth-order valence-electron chi connectivity index (χ4n) is 3.57. The van der Waals surface area contributed by atoms with Crippen molar-refractivity contribution < 1.29 is 4.79 Å². The molecule has 1 unspecified atom stereocenters. The van der Waals surface area contributed by atoms with E-state index in [1.807, 2.05) is 38.4 Å². The molecule has 2 aromatic rings. The van der Waals surface area contributed by atoms with Crippen molar-refractivity contribution >= 4 is 11.6 Å². The Labute approximate surface area is 157 Å². The number of carbonyl (C=O) groups is 1. The number of likely N-dealkylation sites (N-methyl/N-ethyl adjacent to an activating group) is 1. The molecule has 4 nitrogen and oxygen atoms in total. The molecule has 138 valence electrons. The van der Waals surface area contributed by atoms with Gasteiger partial charge in [-0.05, 0) is 44.6 Å². The molecule has 1 amide bonds. The van der Waals surface area contributed by atoms with E-state index in [2.05, 4.69) is 51.1 Å². The number of para-hydroxylation sites is 1. The van der Waals surface area contributed by atoms with Gasteiger partial charge in [0.1, 0.15) is 0 Å². The molecule has 0 radical (unpaired) electrons. The Balaban J connectivity index is 1.66. The van der Waals surface area contributed by atoms with Gasteiger partial charge in [0.05, 0.1) is 6.04 Å². The van der Waals surface area contributed by atoms with E-state index in [9.17, 15) is 4.79 Å². The molecule has 2 aromatic carbocycles. The number of anilines is 1. The van der Waals surface area contributed by atoms with Gasteiger partial charge in [0.15, 0.2) is 0 Å². The Hall–Kier alpha value is -2.33. The number of rotatable bonds is 5. The molecule has 1 aliphatic rings. The third-order valence-electron chi connectivity index (χ3n) is 5.11. The van der Waals surface area contributed by atoms with E-state index in [-0.39, 0.29) is 11.9 Å². The van der Waals surface area contributed by atoms with Gasteiger partial charge in [0, 0.05) is 31.9 Å². The summed E-state index contributed by atoms with van der Waals surface area (Å²) in [7, 11) is 4.00. The van der Waals surface area contributed by atoms with E-state index in [4.69, 9.17) is 0 Å². The molecule has 0 bridgehead atoms. The van der Waals surface area contributed by atoms with Crippen LogP contribution < -0.4 is 4.90 Å². The van der Waals surface area contributed by atoms with Crippen LogP contribution in [0.25, 0.3) is 0 Å². The van der Waals surface area contributed by atoms with Crippen LogP contribution in [0.2, 0.25) is 0 Å². The molecule has 0 saturated carbocycles. The third-order valence-corrected chi connectivity index (χ3v) is 5.11. The number of benzene rings is 2. The number of carbonyl (C=O) groups excluding carboxylic acids is 1. The fraction of sp³-hybridized carbons (Fsp3) is 0.409. The molecule has 1 aliphatic heterocycles. The van der Waals surface area contributed by atoms with Crippen LogP contribution in [0.1, 0.15) is 12.0 Å². The lowest BCUT2D eigenvalue weighted by Gasteiger charge is -2.30. The monoisotopic (exact) mass is 351 g/mol. The Bertz CT molecular complexity index is 687. The van der Waals surface area contributed by atoms with E-state index in [0.29, 0.717) is 0 Å². The lowest BCUT2D eigenvalue weighted by molar-refractivity contribution is -0.135. The van der Waals surface area contributed by atoms with Crippen molar-refractivity contribution in [2.75, 3.05) is 45.2 Å². The summed E-state index contributed by atoms with van der Waals surface area (Å²) in [6.45, 7) is 3.51. The second-order valence-corrected chi connectivity index (χ2v) is 7.17. The Morgan fingerprint density at radius 2 is 1.58 bits per heavy atom. The highest BCUT2D eigenvalue weighted by molar-refractivity contribution is 5.82. The molecule has 0 spiro atoms. The summed E-state index contributed by atoms with van der Waals surface area (Å²) >= 11 is 0. The zero-order chi connectivity index (χ0) is 18.4. The van der Waals surface area contributed by atoms with Crippen LogP contribution in [0.5, 0.6) is 0 Å². The van der Waals surface area contributed by atoms with Crippen molar-refractivity contribution in [3.05, 3.63) is 66.2 Å². The van der Waals surface area contributed by atoms with E-state index in [1.54, 1.807) is 0 Å². The normalized spacial score (nSPS) is 16.4. The number of amides is 1. The average Bonchev–Trinajstić information content (AvgIpc) is 2.93. The molecule has 1 atom stereocenters. The first-order valence-corrected chi connectivity index (χ1v) is 9.44. The molecule has 26 heavy (non-hydrogen) atoms. The van der Waals surface area contributed by atoms with Crippen molar-refractivity contribution in [2.45, 2.75) is 18.9 Å². The second-order valence-electron chi connectivity index (χ2n) is 7.17. The topological polar surface area (TPSA) is 26.8 Å². The molecule has 1 saturated heterocycles. The highest BCUT2D eigenvalue weighted by Crippen LogP contribution is 2.17. The molecule has 4 heteroatoms. The van der Waals surface area contributed by atoms with Gasteiger partial charge in [0.2, 0.25) is 5.91 Å². The largest absolute Gasteiger partial charge is 0.370 e. The van der Waals surface area contributed by atoms with Crippen LogP contribution in [-0.4, -0.2) is 62.0 Å². The maximum atomic E-state index is 13.2. The first-order valence-electron chi connectivity index (χ1n) is 9.44. The third kappa shape index (κ3) is 4.64. The van der Waals surface area contributed by atoms with Crippen molar-refractivity contribution in [3.63, 3.8) is 0 Å². The van der Waals surface area contributed by atoms with Crippen molar-refractivity contribution in [1.29, 1.82) is 0 Å². The minimum absolute atomic E-state index is 0.110. The standard InChI is InChI=1S/C22H29N3O/c1-23(2)21(18-19-10-5-3-6-11-19)22(26)25-15-9-14-24(16-17-25)20-12-7-4-8-13-20/h3-8,10-13,21H,9,14-18H2,1-2H3. The van der Waals surface area contributed by atoms with E-state index in [0.717, 1.165) is 39.0 Å². The van der Waals surface area contributed by atoms with Gasteiger partial charge in [-0.3, -0.25) is 9.69 Å². The summed E-state index contributed by atoms with van der Waals surface area (Å²) < 4.78 is 0. The molecule has 3 rings (SSSR count). The van der Waals surface area contributed by atoms with Gasteiger partial charge in [-0.25, -0.2) is 0 Å². The average molecular weight is 351 g/mol. The van der Waals surface area contributed by atoms with Gasteiger partial charge in [0.25, 0.3) is 0 Å². The molecule has 0 N–H and O–H groups in total. The van der Waals surface area contributed by atoms with E-state index >= 15 is 0 Å². The van der Waals surface area contributed by atoms with E-state index < -0.39 is 0 Å². The summed E-state index contributed by atoms with van der Waals surface area (Å²) in [4.78, 5) is 19.7. The Morgan fingerprint density at radius 1 is 0.923 bits per heavy atom. The molecule has 1 fully saturated rings. The van der Waals surface area contributed by atoms with Gasteiger partial charge < -0.3 is 9.80 Å². The Kier molecular flexibility index (Phi) is 6.29. The molecule has 0 aromatic heterocycles. The van der Waals surface area contributed by atoms with Crippen LogP contribution >= 0.6 is 0 Å². The summed E-state index contributed by atoms with van der Waals surface area (Å²) in [5.41, 5.74) is 2.45. The number of hydrogen-bond donors (Lipinski definition) is 0. The summed E-state index contributed by atoms with van der Waals surface area (Å²) in [5, 5.41) is 0. The Morgan fingerprint density at radius 3 is 2.23 bits per heavy atom. The van der Waals surface area contributed by atoms with Crippen molar-refractivity contribution in [2.24, 2.45) is 0 Å². The first kappa shape index (κ1) is 18.5. The predicted molar refractivity (Wildman–Crippen MR) is 107 cm³/mol. The van der Waals surface area contributed by atoms with Crippen LogP contribution in [0.3, 0.4) is 0 Å². The zero-order valence-electron chi connectivity index (χ0n) is 15.8. The van der Waals surface area contributed by atoms with Crippen LogP contribution in [0, 0.1) is 0 Å². The van der Waals surface area contributed by atoms with Crippen LogP contribution in [-0.2, 0) is 11.2 Å². The molecule has 1 heterocycles. The zero-order valence-corrected chi connectivity index (χ0v) is 15.8. The first-order chi connectivity index (χ1) is 12.6. The van der Waals surface area contributed by atoms with Gasteiger partial charge in [-0.1, -0.05) is 48.5 Å². The maximum Gasteiger partial charge on any atom is 0.240 e. The number of nitrogens with zero attached hydrogens (tertiary/aromatic N) is 3. The lowest BCUT2D eigenvalue weighted by Crippen LogP contribution is -2.48. The van der Waals surface area contributed by atoms with Crippen LogP contribution in [0.4, 0.5) is 5.69 Å².